The number of aliphatic hydroxyl groups excluding tert-OH is 1. The molecule has 7 N–H and O–H groups in total. The van der Waals surface area contributed by atoms with E-state index in [0.717, 1.165) is 25.1 Å². The van der Waals surface area contributed by atoms with Crippen LogP contribution in [0.2, 0.25) is 0 Å². The van der Waals surface area contributed by atoms with Gasteiger partial charge in [-0.15, -0.1) is 0 Å². The highest BCUT2D eigenvalue weighted by Gasteiger charge is 2.36. The van der Waals surface area contributed by atoms with Crippen LogP contribution in [0.4, 0.5) is 0 Å². The van der Waals surface area contributed by atoms with Gasteiger partial charge in [0.15, 0.2) is 28.8 Å². The Bertz CT molecular complexity index is 2060. The van der Waals surface area contributed by atoms with E-state index in [0.29, 0.717) is 0 Å². The van der Waals surface area contributed by atoms with Crippen molar-refractivity contribution >= 4 is 51.2 Å². The summed E-state index contributed by atoms with van der Waals surface area (Å²) < 4.78 is 11.1. The summed E-state index contributed by atoms with van der Waals surface area (Å²) in [7, 11) is 0. The molecule has 5 rings (SSSR count). The molecule has 0 radical (unpaired) electrons. The molecular weight excluding hydrogens is 560 g/mol. The normalized spacial score (nSPS) is 14.0. The predicted octanol–water partition coefficient (Wildman–Crippen LogP) is 3.22. The zero-order chi connectivity index (χ0) is 30.9. The monoisotopic (exact) mass is 578 g/mol. The Labute approximate surface area is 232 Å². The van der Waals surface area contributed by atoms with Crippen molar-refractivity contribution in [1.82, 2.24) is 0 Å². The van der Waals surface area contributed by atoms with Crippen molar-refractivity contribution in [2.24, 2.45) is 0 Å². The molecule has 0 saturated carbocycles. The van der Waals surface area contributed by atoms with Gasteiger partial charge in [-0.1, -0.05) is 0 Å². The fourth-order valence-corrected chi connectivity index (χ4v) is 4.98. The largest absolute Gasteiger partial charge is 0.507 e. The molecule has 1 aliphatic rings. The van der Waals surface area contributed by atoms with Crippen LogP contribution in [-0.2, 0) is 0 Å². The Morgan fingerprint density at radius 2 is 1.43 bits per heavy atom. The van der Waals surface area contributed by atoms with Crippen molar-refractivity contribution in [3.05, 3.63) is 67.4 Å². The number of ketones is 2. The highest BCUT2D eigenvalue weighted by molar-refractivity contribution is 6.21. The van der Waals surface area contributed by atoms with Gasteiger partial charge in [0.2, 0.25) is 11.2 Å². The second-order valence-corrected chi connectivity index (χ2v) is 9.33. The second-order valence-electron chi connectivity index (χ2n) is 9.33. The number of fused-ring (bicyclic) bond motifs is 3. The maximum Gasteiger partial charge on any atom is 0.340 e. The van der Waals surface area contributed by atoms with E-state index in [1.807, 2.05) is 0 Å². The maximum atomic E-state index is 13.6. The van der Waals surface area contributed by atoms with Gasteiger partial charge in [0, 0.05) is 17.7 Å². The average Bonchev–Trinajstić information content (AvgIpc) is 2.90. The van der Waals surface area contributed by atoms with Gasteiger partial charge in [-0.2, -0.15) is 0 Å². The molecule has 14 heteroatoms. The molecule has 42 heavy (non-hydrogen) atoms. The molecule has 2 heterocycles. The van der Waals surface area contributed by atoms with Crippen LogP contribution < -0.4 is 10.2 Å². The van der Waals surface area contributed by atoms with E-state index in [9.17, 15) is 59.7 Å². The molecule has 4 aromatic rings. The summed E-state index contributed by atoms with van der Waals surface area (Å²) in [5, 5.41) is 69.4. The summed E-state index contributed by atoms with van der Waals surface area (Å²) in [5.74, 6) is -10.6. The summed E-state index contributed by atoms with van der Waals surface area (Å²) in [6.07, 6.45) is 0. The first kappa shape index (κ1) is 27.5. The lowest BCUT2D eigenvalue weighted by Crippen LogP contribution is -2.24. The number of carboxylic acid groups (broad SMARTS) is 2. The SMILES string of the molecule is CC(=O)c1c(C)c(/C(O)=C2\COc3cc(O)c(O)c(C(=O)O)c3C2=O)cc2c(=O)c3c(C(=O)O)c(O)c(O)cc3oc12. The number of phenolic OH excluding ortho intramolecular Hbond substituents is 2. The predicted molar refractivity (Wildman–Crippen MR) is 141 cm³/mol. The number of phenols is 4. The number of carbonyl (C=O) groups is 4. The molecule has 0 atom stereocenters. The van der Waals surface area contributed by atoms with Crippen molar-refractivity contribution in [3.8, 4) is 28.7 Å². The van der Waals surface area contributed by atoms with E-state index in [1.54, 1.807) is 0 Å². The van der Waals surface area contributed by atoms with Crippen LogP contribution in [0.3, 0.4) is 0 Å². The van der Waals surface area contributed by atoms with E-state index in [4.69, 9.17) is 9.15 Å². The molecule has 0 aliphatic carbocycles. The molecule has 0 spiro atoms. The Balaban J connectivity index is 1.87. The van der Waals surface area contributed by atoms with Crippen molar-refractivity contribution in [3.63, 3.8) is 0 Å². The van der Waals surface area contributed by atoms with Crippen molar-refractivity contribution in [2.45, 2.75) is 13.8 Å². The van der Waals surface area contributed by atoms with Gasteiger partial charge in [-0.3, -0.25) is 14.4 Å². The van der Waals surface area contributed by atoms with Gasteiger partial charge in [0.25, 0.3) is 0 Å². The molecule has 0 bridgehead atoms. The molecular formula is C28H18O14. The van der Waals surface area contributed by atoms with Gasteiger partial charge >= 0.3 is 11.9 Å². The van der Waals surface area contributed by atoms with Crippen LogP contribution in [0.15, 0.2) is 33.0 Å². The van der Waals surface area contributed by atoms with E-state index < -0.39 is 103 Å². The standard InChI is InChI=1S/C28H18O14/c1-7-9(21(32)11-6-41-14-4-12(30)24(35)19(27(37)38)17(14)23(11)34)3-10-22(33)18-15(42-26(10)16(7)8(2)29)5-13(31)25(36)20(18)28(39)40/h3-5,30-32,35-36H,6H2,1-2H3,(H,37,38)(H,39,40)/b21-11-. The number of aliphatic hydroxyl groups is 1. The van der Waals surface area contributed by atoms with Gasteiger partial charge < -0.3 is 44.9 Å². The molecule has 1 aromatic heterocycles. The number of Topliss-reactive ketones (excluding diaryl/α,β-unsaturated/α-hetero) is 2. The topological polar surface area (TPSA) is 249 Å². The fourth-order valence-electron chi connectivity index (χ4n) is 4.98. The summed E-state index contributed by atoms with van der Waals surface area (Å²) in [5.41, 5.74) is -5.60. The lowest BCUT2D eigenvalue weighted by atomic mass is 9.89. The number of aromatic hydroxyl groups is 4. The number of carbonyl (C=O) groups excluding carboxylic acids is 2. The number of benzene rings is 3. The molecule has 1 aliphatic heterocycles. The van der Waals surface area contributed by atoms with E-state index >= 15 is 0 Å². The molecule has 0 saturated heterocycles. The Morgan fingerprint density at radius 3 is 2.02 bits per heavy atom. The van der Waals surface area contributed by atoms with E-state index in [2.05, 4.69) is 0 Å². The number of aromatic carboxylic acids is 2. The molecule has 0 fully saturated rings. The fraction of sp³-hybridized carbons (Fsp3) is 0.107. The number of carboxylic acids is 2. The zero-order valence-electron chi connectivity index (χ0n) is 21.4. The number of hydrogen-bond donors (Lipinski definition) is 7. The van der Waals surface area contributed by atoms with Crippen LogP contribution >= 0.6 is 0 Å². The number of hydrogen-bond acceptors (Lipinski definition) is 12. The lowest BCUT2D eigenvalue weighted by Gasteiger charge is -2.23. The van der Waals surface area contributed by atoms with Crippen molar-refractivity contribution < 1.29 is 64.1 Å². The first-order valence-corrected chi connectivity index (χ1v) is 11.8. The minimum absolute atomic E-state index is 0.00503. The molecule has 0 amide bonds. The van der Waals surface area contributed by atoms with Gasteiger partial charge in [-0.25, -0.2) is 9.59 Å². The van der Waals surface area contributed by atoms with Crippen molar-refractivity contribution in [1.29, 1.82) is 0 Å². The average molecular weight is 578 g/mol. The molecule has 14 nitrogen and oxygen atoms in total. The van der Waals surface area contributed by atoms with Gasteiger partial charge in [-0.05, 0) is 25.5 Å². The second kappa shape index (κ2) is 9.26. The Hall–Kier alpha value is -6.05. The molecule has 3 aromatic carbocycles. The first-order chi connectivity index (χ1) is 19.7. The van der Waals surface area contributed by atoms with Crippen LogP contribution in [0, 0.1) is 6.92 Å². The first-order valence-electron chi connectivity index (χ1n) is 11.8. The highest BCUT2D eigenvalue weighted by atomic mass is 16.5. The van der Waals surface area contributed by atoms with Crippen LogP contribution in [0.1, 0.15) is 59.5 Å². The van der Waals surface area contributed by atoms with Crippen molar-refractivity contribution in [2.75, 3.05) is 6.61 Å². The summed E-state index contributed by atoms with van der Waals surface area (Å²) in [6.45, 7) is 1.80. The van der Waals surface area contributed by atoms with Crippen LogP contribution in [-0.4, -0.2) is 65.9 Å². The summed E-state index contributed by atoms with van der Waals surface area (Å²) in [6, 6.07) is 2.63. The molecule has 0 unspecified atom stereocenters. The third-order valence-corrected chi connectivity index (χ3v) is 6.90. The smallest absolute Gasteiger partial charge is 0.340 e. The third-order valence-electron chi connectivity index (χ3n) is 6.90. The maximum absolute atomic E-state index is 13.6. The Kier molecular flexibility index (Phi) is 6.07. The minimum atomic E-state index is -1.79. The van der Waals surface area contributed by atoms with E-state index in [1.165, 1.54) is 6.92 Å². The van der Waals surface area contributed by atoms with Crippen LogP contribution in [0.25, 0.3) is 27.7 Å². The van der Waals surface area contributed by atoms with Gasteiger partial charge in [0.1, 0.15) is 40.4 Å². The molecule has 214 valence electrons. The number of ether oxygens (including phenoxy) is 1. The zero-order valence-corrected chi connectivity index (χ0v) is 21.4. The van der Waals surface area contributed by atoms with Crippen LogP contribution in [0.5, 0.6) is 28.7 Å². The quantitative estimate of drug-likeness (QED) is 0.0604. The number of rotatable bonds is 4. The van der Waals surface area contributed by atoms with Gasteiger partial charge in [0.05, 0.1) is 27.5 Å². The third kappa shape index (κ3) is 3.76. The Morgan fingerprint density at radius 1 is 0.833 bits per heavy atom. The minimum Gasteiger partial charge on any atom is -0.507 e. The lowest BCUT2D eigenvalue weighted by molar-refractivity contribution is 0.0680. The highest BCUT2D eigenvalue weighted by Crippen LogP contribution is 2.43. The summed E-state index contributed by atoms with van der Waals surface area (Å²) >= 11 is 0. The van der Waals surface area contributed by atoms with E-state index in [-0.39, 0.29) is 28.0 Å². The summed E-state index contributed by atoms with van der Waals surface area (Å²) in [4.78, 5) is 63.4.